The molecule has 0 fully saturated rings. The van der Waals surface area contributed by atoms with E-state index in [-0.39, 0.29) is 23.2 Å². The monoisotopic (exact) mass is 385 g/mol. The molecule has 1 aromatic heterocycles. The van der Waals surface area contributed by atoms with Crippen LogP contribution < -0.4 is 10.6 Å². The second-order valence-electron chi connectivity index (χ2n) is 5.66. The Morgan fingerprint density at radius 3 is 2.48 bits per heavy atom. The molecule has 27 heavy (non-hydrogen) atoms. The minimum Gasteiger partial charge on any atom is -0.508 e. The fraction of sp³-hybridized carbons (Fsp3) is 0.111. The van der Waals surface area contributed by atoms with E-state index in [1.807, 2.05) is 0 Å². The number of nitro groups is 1. The van der Waals surface area contributed by atoms with Gasteiger partial charge in [-0.15, -0.1) is 0 Å². The lowest BCUT2D eigenvalue weighted by molar-refractivity contribution is -0.384. The molecule has 8 nitrogen and oxygen atoms in total. The van der Waals surface area contributed by atoms with Crippen molar-refractivity contribution in [3.8, 4) is 5.75 Å². The maximum atomic E-state index is 11.2. The van der Waals surface area contributed by atoms with Gasteiger partial charge in [0, 0.05) is 17.3 Å². The van der Waals surface area contributed by atoms with Crippen LogP contribution in [0, 0.1) is 10.1 Å². The zero-order valence-corrected chi connectivity index (χ0v) is 14.8. The van der Waals surface area contributed by atoms with Crippen LogP contribution in [0.25, 0.3) is 0 Å². The Balaban J connectivity index is 1.72. The van der Waals surface area contributed by atoms with Gasteiger partial charge in [-0.2, -0.15) is 4.98 Å². The van der Waals surface area contributed by atoms with E-state index in [0.717, 1.165) is 11.8 Å². The maximum absolute atomic E-state index is 11.2. The second-order valence-corrected chi connectivity index (χ2v) is 6.10. The molecule has 3 aromatic rings. The lowest BCUT2D eigenvalue weighted by atomic mass is 10.1. The van der Waals surface area contributed by atoms with E-state index in [9.17, 15) is 15.2 Å². The van der Waals surface area contributed by atoms with E-state index in [2.05, 4.69) is 20.6 Å². The Morgan fingerprint density at radius 1 is 1.11 bits per heavy atom. The first-order valence-corrected chi connectivity index (χ1v) is 8.45. The SMILES string of the molecule is O=[N+]([O-])c1cnc(Nc2ccc(Cl)cc2)nc1NCCc1ccc(O)cc1. The number of aromatic nitrogens is 2. The van der Waals surface area contributed by atoms with Crippen molar-refractivity contribution in [3.05, 3.63) is 75.4 Å². The number of anilines is 3. The summed E-state index contributed by atoms with van der Waals surface area (Å²) in [5.41, 5.74) is 1.49. The number of benzene rings is 2. The van der Waals surface area contributed by atoms with E-state index in [1.54, 1.807) is 48.5 Å². The minimum atomic E-state index is -0.533. The molecule has 3 N–H and O–H groups in total. The van der Waals surface area contributed by atoms with Gasteiger partial charge in [0.15, 0.2) is 0 Å². The van der Waals surface area contributed by atoms with Gasteiger partial charge in [-0.25, -0.2) is 4.98 Å². The lowest BCUT2D eigenvalue weighted by Crippen LogP contribution is -2.10. The van der Waals surface area contributed by atoms with Crippen molar-refractivity contribution in [1.29, 1.82) is 0 Å². The minimum absolute atomic E-state index is 0.130. The summed E-state index contributed by atoms with van der Waals surface area (Å²) < 4.78 is 0. The number of nitrogens with one attached hydrogen (secondary N) is 2. The third kappa shape index (κ3) is 5.05. The predicted octanol–water partition coefficient (Wildman–Crippen LogP) is 4.14. The number of halogens is 1. The van der Waals surface area contributed by atoms with Gasteiger partial charge in [-0.1, -0.05) is 23.7 Å². The van der Waals surface area contributed by atoms with Crippen LogP contribution in [0.1, 0.15) is 5.56 Å². The number of nitrogens with zero attached hydrogens (tertiary/aromatic N) is 3. The number of aromatic hydroxyl groups is 1. The Kier molecular flexibility index (Phi) is 5.68. The third-order valence-electron chi connectivity index (χ3n) is 3.71. The molecule has 0 aliphatic carbocycles. The Labute approximate surface area is 160 Å². The van der Waals surface area contributed by atoms with Crippen LogP contribution >= 0.6 is 11.6 Å². The standard InChI is InChI=1S/C18H16ClN5O3/c19-13-3-5-14(6-4-13)22-18-21-11-16(24(26)27)17(23-18)20-10-9-12-1-7-15(25)8-2-12/h1-8,11,25H,9-10H2,(H2,20,21,22,23). The van der Waals surface area contributed by atoms with Crippen LogP contribution in [-0.2, 0) is 6.42 Å². The van der Waals surface area contributed by atoms with Crippen molar-refractivity contribution in [2.24, 2.45) is 0 Å². The number of hydrogen-bond donors (Lipinski definition) is 3. The predicted molar refractivity (Wildman–Crippen MR) is 104 cm³/mol. The highest BCUT2D eigenvalue weighted by Gasteiger charge is 2.17. The molecule has 0 unspecified atom stereocenters. The first-order chi connectivity index (χ1) is 13.0. The highest BCUT2D eigenvalue weighted by atomic mass is 35.5. The molecule has 9 heteroatoms. The molecular formula is C18H16ClN5O3. The van der Waals surface area contributed by atoms with E-state index in [4.69, 9.17) is 11.6 Å². The maximum Gasteiger partial charge on any atom is 0.329 e. The first kappa shape index (κ1) is 18.4. The summed E-state index contributed by atoms with van der Waals surface area (Å²) in [4.78, 5) is 18.9. The average Bonchev–Trinajstić information content (AvgIpc) is 2.65. The Morgan fingerprint density at radius 2 is 1.81 bits per heavy atom. The van der Waals surface area contributed by atoms with E-state index >= 15 is 0 Å². The van der Waals surface area contributed by atoms with Gasteiger partial charge >= 0.3 is 5.69 Å². The van der Waals surface area contributed by atoms with E-state index in [0.29, 0.717) is 23.7 Å². The van der Waals surface area contributed by atoms with Gasteiger partial charge in [0.25, 0.3) is 0 Å². The lowest BCUT2D eigenvalue weighted by Gasteiger charge is -2.09. The van der Waals surface area contributed by atoms with Crippen LogP contribution in [0.5, 0.6) is 5.75 Å². The molecule has 0 atom stereocenters. The normalized spacial score (nSPS) is 10.4. The molecule has 0 aliphatic rings. The van der Waals surface area contributed by atoms with Crippen molar-refractivity contribution < 1.29 is 10.0 Å². The topological polar surface area (TPSA) is 113 Å². The van der Waals surface area contributed by atoms with E-state index < -0.39 is 4.92 Å². The average molecular weight is 386 g/mol. The molecule has 0 amide bonds. The summed E-state index contributed by atoms with van der Waals surface area (Å²) in [5.74, 6) is 0.552. The number of phenolic OH excluding ortho intramolecular Hbond substituents is 1. The zero-order chi connectivity index (χ0) is 19.2. The molecule has 0 saturated heterocycles. The Hall–Kier alpha value is -3.39. The molecular weight excluding hydrogens is 370 g/mol. The third-order valence-corrected chi connectivity index (χ3v) is 3.96. The van der Waals surface area contributed by atoms with Crippen molar-refractivity contribution in [1.82, 2.24) is 9.97 Å². The van der Waals surface area contributed by atoms with Crippen molar-refractivity contribution in [3.63, 3.8) is 0 Å². The quantitative estimate of drug-likeness (QED) is 0.413. The molecule has 138 valence electrons. The van der Waals surface area contributed by atoms with Gasteiger partial charge in [-0.3, -0.25) is 10.1 Å². The Bertz CT molecular complexity index is 933. The van der Waals surface area contributed by atoms with Gasteiger partial charge < -0.3 is 15.7 Å². The second kappa shape index (κ2) is 8.33. The molecule has 2 aromatic carbocycles. The van der Waals surface area contributed by atoms with Crippen molar-refractivity contribution in [2.75, 3.05) is 17.2 Å². The van der Waals surface area contributed by atoms with Crippen molar-refractivity contribution >= 4 is 34.7 Å². The summed E-state index contributed by atoms with van der Waals surface area (Å²) in [7, 11) is 0. The summed E-state index contributed by atoms with van der Waals surface area (Å²) >= 11 is 5.85. The molecule has 0 spiro atoms. The van der Waals surface area contributed by atoms with Gasteiger partial charge in [0.05, 0.1) is 4.92 Å². The molecule has 3 rings (SSSR count). The molecule has 0 saturated carbocycles. The number of phenols is 1. The largest absolute Gasteiger partial charge is 0.508 e. The fourth-order valence-electron chi connectivity index (χ4n) is 2.35. The highest BCUT2D eigenvalue weighted by molar-refractivity contribution is 6.30. The van der Waals surface area contributed by atoms with Gasteiger partial charge in [0.1, 0.15) is 11.9 Å². The molecule has 0 aliphatic heterocycles. The number of rotatable bonds is 7. The molecule has 0 radical (unpaired) electrons. The van der Waals surface area contributed by atoms with E-state index in [1.165, 1.54) is 0 Å². The van der Waals surface area contributed by atoms with Crippen LogP contribution in [0.2, 0.25) is 5.02 Å². The summed E-state index contributed by atoms with van der Waals surface area (Å²) in [6.07, 6.45) is 1.77. The zero-order valence-electron chi connectivity index (χ0n) is 14.1. The summed E-state index contributed by atoms with van der Waals surface area (Å²) in [6, 6.07) is 13.7. The van der Waals surface area contributed by atoms with Crippen LogP contribution in [-0.4, -0.2) is 26.5 Å². The van der Waals surface area contributed by atoms with Gasteiger partial charge in [0.2, 0.25) is 11.8 Å². The summed E-state index contributed by atoms with van der Waals surface area (Å²) in [6.45, 7) is 0.434. The van der Waals surface area contributed by atoms with Crippen molar-refractivity contribution in [2.45, 2.75) is 6.42 Å². The number of hydrogen-bond acceptors (Lipinski definition) is 7. The molecule has 0 bridgehead atoms. The first-order valence-electron chi connectivity index (χ1n) is 8.07. The van der Waals surface area contributed by atoms with Crippen LogP contribution in [0.4, 0.5) is 23.1 Å². The smallest absolute Gasteiger partial charge is 0.329 e. The van der Waals surface area contributed by atoms with Crippen LogP contribution in [0.3, 0.4) is 0 Å². The van der Waals surface area contributed by atoms with Crippen LogP contribution in [0.15, 0.2) is 54.7 Å². The van der Waals surface area contributed by atoms with Gasteiger partial charge in [-0.05, 0) is 48.4 Å². The fourth-order valence-corrected chi connectivity index (χ4v) is 2.48. The molecule has 1 heterocycles. The summed E-state index contributed by atoms with van der Waals surface area (Å²) in [5, 5.41) is 27.1. The highest BCUT2D eigenvalue weighted by Crippen LogP contribution is 2.24.